The van der Waals surface area contributed by atoms with Gasteiger partial charge in [-0.2, -0.15) is 5.10 Å². The standard InChI is InChI=1S/C26H24Cl2N2O6/c1-3-12-34-20-8-5-18(6-9-20)26(32)36-23-10-4-17(13-24(23)33-2)15-29-30-25(31)16-35-22-11-7-19(27)14-21(22)28/h4-11,13-15H,3,12,16H2,1-2H3,(H,30,31)/b29-15-. The Hall–Kier alpha value is -3.75. The minimum atomic E-state index is -0.537. The van der Waals surface area contributed by atoms with Gasteiger partial charge in [0.2, 0.25) is 0 Å². The van der Waals surface area contributed by atoms with Gasteiger partial charge in [-0.15, -0.1) is 0 Å². The maximum absolute atomic E-state index is 12.5. The third kappa shape index (κ3) is 7.90. The minimum Gasteiger partial charge on any atom is -0.494 e. The Kier molecular flexibility index (Phi) is 9.97. The van der Waals surface area contributed by atoms with E-state index in [0.717, 1.165) is 6.42 Å². The molecule has 10 heteroatoms. The highest BCUT2D eigenvalue weighted by atomic mass is 35.5. The molecule has 0 fully saturated rings. The number of benzene rings is 3. The third-order valence-electron chi connectivity index (χ3n) is 4.61. The van der Waals surface area contributed by atoms with Crippen molar-refractivity contribution in [2.24, 2.45) is 5.10 Å². The predicted molar refractivity (Wildman–Crippen MR) is 138 cm³/mol. The summed E-state index contributed by atoms with van der Waals surface area (Å²) in [5.74, 6) is 0.550. The topological polar surface area (TPSA) is 95.5 Å². The average molecular weight is 531 g/mol. The van der Waals surface area contributed by atoms with Crippen molar-refractivity contribution in [1.29, 1.82) is 0 Å². The van der Waals surface area contributed by atoms with Crippen LogP contribution in [0, 0.1) is 0 Å². The second-order valence-electron chi connectivity index (χ2n) is 7.33. The Morgan fingerprint density at radius 2 is 1.69 bits per heavy atom. The summed E-state index contributed by atoms with van der Waals surface area (Å²) in [6.07, 6.45) is 2.31. The highest BCUT2D eigenvalue weighted by molar-refractivity contribution is 6.35. The van der Waals surface area contributed by atoms with Gasteiger partial charge in [0.15, 0.2) is 18.1 Å². The predicted octanol–water partition coefficient (Wildman–Crippen LogP) is 5.54. The lowest BCUT2D eigenvalue weighted by molar-refractivity contribution is -0.123. The van der Waals surface area contributed by atoms with Crippen LogP contribution >= 0.6 is 23.2 Å². The molecule has 0 aromatic heterocycles. The lowest BCUT2D eigenvalue weighted by atomic mass is 10.2. The Bertz CT molecular complexity index is 1230. The van der Waals surface area contributed by atoms with Crippen LogP contribution in [0.5, 0.6) is 23.0 Å². The summed E-state index contributed by atoms with van der Waals surface area (Å²) in [6, 6.07) is 16.2. The van der Waals surface area contributed by atoms with Gasteiger partial charge < -0.3 is 18.9 Å². The van der Waals surface area contributed by atoms with Gasteiger partial charge in [-0.05, 0) is 72.6 Å². The number of hydrogen-bond acceptors (Lipinski definition) is 7. The molecular weight excluding hydrogens is 507 g/mol. The van der Waals surface area contributed by atoms with Crippen molar-refractivity contribution in [2.45, 2.75) is 13.3 Å². The number of hydrazone groups is 1. The van der Waals surface area contributed by atoms with E-state index in [1.807, 2.05) is 6.92 Å². The largest absolute Gasteiger partial charge is 0.494 e. The quantitative estimate of drug-likeness (QED) is 0.151. The van der Waals surface area contributed by atoms with Crippen molar-refractivity contribution >= 4 is 41.3 Å². The lowest BCUT2D eigenvalue weighted by Gasteiger charge is -2.10. The Labute approximate surface area is 218 Å². The number of hydrogen-bond donors (Lipinski definition) is 1. The highest BCUT2D eigenvalue weighted by Gasteiger charge is 2.13. The van der Waals surface area contributed by atoms with E-state index in [1.165, 1.54) is 19.4 Å². The summed E-state index contributed by atoms with van der Waals surface area (Å²) >= 11 is 11.8. The number of esters is 1. The fourth-order valence-corrected chi connectivity index (χ4v) is 3.32. The smallest absolute Gasteiger partial charge is 0.343 e. The van der Waals surface area contributed by atoms with Crippen molar-refractivity contribution in [3.63, 3.8) is 0 Å². The van der Waals surface area contributed by atoms with Crippen LogP contribution in [0.15, 0.2) is 65.8 Å². The fourth-order valence-electron chi connectivity index (χ4n) is 2.86. The molecule has 0 radical (unpaired) electrons. The molecular formula is C26H24Cl2N2O6. The first-order valence-electron chi connectivity index (χ1n) is 10.9. The fraction of sp³-hybridized carbons (Fsp3) is 0.192. The number of carbonyl (C=O) groups excluding carboxylic acids is 2. The van der Waals surface area contributed by atoms with Crippen LogP contribution in [-0.4, -0.2) is 38.4 Å². The van der Waals surface area contributed by atoms with Gasteiger partial charge in [0.1, 0.15) is 11.5 Å². The summed E-state index contributed by atoms with van der Waals surface area (Å²) in [6.45, 7) is 2.33. The number of amides is 1. The van der Waals surface area contributed by atoms with E-state index >= 15 is 0 Å². The number of halogens is 2. The minimum absolute atomic E-state index is 0.239. The van der Waals surface area contributed by atoms with Crippen molar-refractivity contribution in [1.82, 2.24) is 5.43 Å². The second kappa shape index (κ2) is 13.4. The van der Waals surface area contributed by atoms with Gasteiger partial charge in [-0.3, -0.25) is 4.79 Å². The van der Waals surface area contributed by atoms with Crippen molar-refractivity contribution in [3.05, 3.63) is 81.8 Å². The van der Waals surface area contributed by atoms with Crippen molar-refractivity contribution in [3.8, 4) is 23.0 Å². The van der Waals surface area contributed by atoms with Gasteiger partial charge in [0.05, 0.1) is 30.5 Å². The van der Waals surface area contributed by atoms with E-state index in [-0.39, 0.29) is 12.4 Å². The van der Waals surface area contributed by atoms with E-state index in [9.17, 15) is 9.59 Å². The molecule has 0 aliphatic rings. The molecule has 3 aromatic carbocycles. The number of nitrogens with one attached hydrogen (secondary N) is 1. The van der Waals surface area contributed by atoms with Gasteiger partial charge in [0.25, 0.3) is 5.91 Å². The van der Waals surface area contributed by atoms with E-state index in [0.29, 0.717) is 45.0 Å². The summed E-state index contributed by atoms with van der Waals surface area (Å²) in [5, 5.41) is 4.66. The van der Waals surface area contributed by atoms with E-state index in [2.05, 4.69) is 10.5 Å². The summed E-state index contributed by atoms with van der Waals surface area (Å²) in [4.78, 5) is 24.5. The molecule has 1 N–H and O–H groups in total. The molecule has 3 aromatic rings. The molecule has 3 rings (SSSR count). The molecule has 0 spiro atoms. The zero-order chi connectivity index (χ0) is 25.9. The molecule has 0 aliphatic heterocycles. The number of carbonyl (C=O) groups is 2. The Morgan fingerprint density at radius 3 is 2.39 bits per heavy atom. The first-order chi connectivity index (χ1) is 17.4. The summed E-state index contributed by atoms with van der Waals surface area (Å²) in [7, 11) is 1.45. The van der Waals surface area contributed by atoms with E-state index < -0.39 is 11.9 Å². The number of ether oxygens (including phenoxy) is 4. The van der Waals surface area contributed by atoms with Crippen molar-refractivity contribution < 1.29 is 28.5 Å². The molecule has 0 atom stereocenters. The molecule has 0 unspecified atom stereocenters. The molecule has 0 aliphatic carbocycles. The third-order valence-corrected chi connectivity index (χ3v) is 5.14. The van der Waals surface area contributed by atoms with Gasteiger partial charge in [0, 0.05) is 5.02 Å². The maximum Gasteiger partial charge on any atom is 0.343 e. The first kappa shape index (κ1) is 26.8. The van der Waals surface area contributed by atoms with Gasteiger partial charge >= 0.3 is 5.97 Å². The SMILES string of the molecule is CCCOc1ccc(C(=O)Oc2ccc(/C=N\NC(=O)COc3ccc(Cl)cc3Cl)cc2OC)cc1. The van der Waals surface area contributed by atoms with Gasteiger partial charge in [-0.25, -0.2) is 10.2 Å². The maximum atomic E-state index is 12.5. The van der Waals surface area contributed by atoms with Crippen LogP contribution in [0.2, 0.25) is 10.0 Å². The van der Waals surface area contributed by atoms with E-state index in [1.54, 1.807) is 54.6 Å². The number of rotatable bonds is 11. The molecule has 8 nitrogen and oxygen atoms in total. The molecule has 36 heavy (non-hydrogen) atoms. The average Bonchev–Trinajstić information content (AvgIpc) is 2.88. The van der Waals surface area contributed by atoms with Crippen LogP contribution in [0.4, 0.5) is 0 Å². The normalized spacial score (nSPS) is 10.7. The monoisotopic (exact) mass is 530 g/mol. The zero-order valence-corrected chi connectivity index (χ0v) is 21.1. The van der Waals surface area contributed by atoms with Gasteiger partial charge in [-0.1, -0.05) is 30.1 Å². The zero-order valence-electron chi connectivity index (χ0n) is 19.6. The molecule has 0 heterocycles. The van der Waals surface area contributed by atoms with Crippen LogP contribution in [0.1, 0.15) is 29.3 Å². The van der Waals surface area contributed by atoms with Crippen LogP contribution in [-0.2, 0) is 4.79 Å². The lowest BCUT2D eigenvalue weighted by Crippen LogP contribution is -2.24. The first-order valence-corrected chi connectivity index (χ1v) is 11.7. The number of nitrogens with zero attached hydrogens (tertiary/aromatic N) is 1. The van der Waals surface area contributed by atoms with Crippen LogP contribution in [0.3, 0.4) is 0 Å². The van der Waals surface area contributed by atoms with Crippen LogP contribution < -0.4 is 24.4 Å². The summed E-state index contributed by atoms with van der Waals surface area (Å²) in [5.41, 5.74) is 3.33. The molecule has 0 bridgehead atoms. The van der Waals surface area contributed by atoms with Crippen molar-refractivity contribution in [2.75, 3.05) is 20.3 Å². The molecule has 188 valence electrons. The van der Waals surface area contributed by atoms with Crippen LogP contribution in [0.25, 0.3) is 0 Å². The number of methoxy groups -OCH3 is 1. The highest BCUT2D eigenvalue weighted by Crippen LogP contribution is 2.29. The summed E-state index contributed by atoms with van der Waals surface area (Å²) < 4.78 is 21.7. The molecule has 0 saturated heterocycles. The molecule has 0 saturated carbocycles. The Morgan fingerprint density at radius 1 is 0.944 bits per heavy atom. The van der Waals surface area contributed by atoms with E-state index in [4.69, 9.17) is 42.1 Å². The molecule has 1 amide bonds. The second-order valence-corrected chi connectivity index (χ2v) is 8.17. The Balaban J connectivity index is 1.55.